The second-order valence-electron chi connectivity index (χ2n) is 4.58. The van der Waals surface area contributed by atoms with Crippen molar-refractivity contribution in [1.82, 2.24) is 0 Å². The van der Waals surface area contributed by atoms with E-state index in [1.54, 1.807) is 6.07 Å². The van der Waals surface area contributed by atoms with E-state index in [9.17, 15) is 4.39 Å². The molecule has 1 aliphatic rings. The zero-order valence-electron chi connectivity index (χ0n) is 10.4. The number of benzene rings is 2. The first-order valence-corrected chi connectivity index (χ1v) is 6.17. The number of nitrogens with zero attached hydrogens (tertiary/aromatic N) is 1. The zero-order valence-corrected chi connectivity index (χ0v) is 10.4. The van der Waals surface area contributed by atoms with Crippen LogP contribution in [0.4, 0.5) is 15.8 Å². The number of nitrogens with two attached hydrogens (primary N) is 1. The van der Waals surface area contributed by atoms with Crippen LogP contribution in [0, 0.1) is 11.2 Å². The summed E-state index contributed by atoms with van der Waals surface area (Å²) >= 11 is 0. The van der Waals surface area contributed by atoms with Crippen molar-refractivity contribution < 1.29 is 4.39 Å². The Labute approximate surface area is 111 Å². The highest BCUT2D eigenvalue weighted by Gasteiger charge is 2.24. The Kier molecular flexibility index (Phi) is 2.71. The Balaban J connectivity index is 2.15. The standard InChI is InChI=1S/C15H14FN3/c16-11-5-3-7-13(14(11)15(17)18)19-9-8-10-4-1-2-6-12(10)19/h1-7H,8-9H2,(H3,17,18). The number of hydrogen-bond donors (Lipinski definition) is 2. The smallest absolute Gasteiger partial charge is 0.136 e. The van der Waals surface area contributed by atoms with Gasteiger partial charge in [-0.05, 0) is 30.2 Å². The maximum Gasteiger partial charge on any atom is 0.136 e. The Morgan fingerprint density at radius 2 is 1.84 bits per heavy atom. The van der Waals surface area contributed by atoms with Crippen molar-refractivity contribution in [2.75, 3.05) is 11.4 Å². The molecule has 19 heavy (non-hydrogen) atoms. The van der Waals surface area contributed by atoms with Gasteiger partial charge in [-0.3, -0.25) is 5.41 Å². The molecule has 3 rings (SSSR count). The Bertz CT molecular complexity index is 652. The van der Waals surface area contributed by atoms with Gasteiger partial charge >= 0.3 is 0 Å². The van der Waals surface area contributed by atoms with Crippen LogP contribution in [-0.4, -0.2) is 12.4 Å². The summed E-state index contributed by atoms with van der Waals surface area (Å²) in [6, 6.07) is 12.8. The predicted molar refractivity (Wildman–Crippen MR) is 74.6 cm³/mol. The molecular formula is C15H14FN3. The first-order valence-electron chi connectivity index (χ1n) is 6.17. The topological polar surface area (TPSA) is 53.1 Å². The van der Waals surface area contributed by atoms with Gasteiger partial charge in [0, 0.05) is 12.2 Å². The molecule has 3 N–H and O–H groups in total. The van der Waals surface area contributed by atoms with Gasteiger partial charge in [-0.1, -0.05) is 24.3 Å². The molecule has 3 nitrogen and oxygen atoms in total. The first-order chi connectivity index (χ1) is 9.18. The Morgan fingerprint density at radius 1 is 1.11 bits per heavy atom. The number of para-hydroxylation sites is 1. The van der Waals surface area contributed by atoms with Crippen molar-refractivity contribution in [3.63, 3.8) is 0 Å². The Hall–Kier alpha value is -2.36. The molecule has 0 radical (unpaired) electrons. The van der Waals surface area contributed by atoms with E-state index < -0.39 is 5.82 Å². The summed E-state index contributed by atoms with van der Waals surface area (Å²) in [6.07, 6.45) is 0.921. The molecule has 2 aromatic rings. The summed E-state index contributed by atoms with van der Waals surface area (Å²) in [5.74, 6) is -0.688. The minimum absolute atomic E-state index is 0.180. The molecular weight excluding hydrogens is 241 g/mol. The monoisotopic (exact) mass is 255 g/mol. The van der Waals surface area contributed by atoms with E-state index in [1.807, 2.05) is 29.2 Å². The van der Waals surface area contributed by atoms with E-state index in [2.05, 4.69) is 6.07 Å². The lowest BCUT2D eigenvalue weighted by molar-refractivity contribution is 0.624. The van der Waals surface area contributed by atoms with Crippen LogP contribution in [0.5, 0.6) is 0 Å². The fourth-order valence-corrected chi connectivity index (χ4v) is 2.59. The van der Waals surface area contributed by atoms with Crippen molar-refractivity contribution in [1.29, 1.82) is 5.41 Å². The highest BCUT2D eigenvalue weighted by molar-refractivity contribution is 6.01. The number of rotatable bonds is 2. The minimum Gasteiger partial charge on any atom is -0.384 e. The molecule has 0 amide bonds. The number of halogens is 1. The summed E-state index contributed by atoms with van der Waals surface area (Å²) in [7, 11) is 0. The SMILES string of the molecule is N=C(N)c1c(F)cccc1N1CCc2ccccc21. The average molecular weight is 255 g/mol. The van der Waals surface area contributed by atoms with Crippen molar-refractivity contribution in [3.8, 4) is 0 Å². The van der Waals surface area contributed by atoms with Crippen molar-refractivity contribution in [3.05, 3.63) is 59.4 Å². The second kappa shape index (κ2) is 4.39. The molecule has 0 aliphatic carbocycles. The summed E-state index contributed by atoms with van der Waals surface area (Å²) < 4.78 is 13.9. The predicted octanol–water partition coefficient (Wildman–Crippen LogP) is 2.80. The van der Waals surface area contributed by atoms with Crippen LogP contribution >= 0.6 is 0 Å². The van der Waals surface area contributed by atoms with Crippen LogP contribution in [-0.2, 0) is 6.42 Å². The van der Waals surface area contributed by atoms with E-state index in [1.165, 1.54) is 11.6 Å². The number of amidine groups is 1. The third-order valence-electron chi connectivity index (χ3n) is 3.44. The van der Waals surface area contributed by atoms with E-state index in [-0.39, 0.29) is 11.4 Å². The number of nitrogens with one attached hydrogen (secondary N) is 1. The van der Waals surface area contributed by atoms with Crippen molar-refractivity contribution in [2.45, 2.75) is 6.42 Å². The molecule has 0 fully saturated rings. The molecule has 0 bridgehead atoms. The van der Waals surface area contributed by atoms with Gasteiger partial charge in [0.15, 0.2) is 0 Å². The molecule has 1 aliphatic heterocycles. The quantitative estimate of drug-likeness (QED) is 0.640. The molecule has 96 valence electrons. The van der Waals surface area contributed by atoms with Gasteiger partial charge in [0.1, 0.15) is 11.7 Å². The van der Waals surface area contributed by atoms with Crippen molar-refractivity contribution >= 4 is 17.2 Å². The molecule has 0 unspecified atom stereocenters. The lowest BCUT2D eigenvalue weighted by atomic mass is 10.1. The number of nitrogen functional groups attached to an aromatic ring is 1. The van der Waals surface area contributed by atoms with Crippen molar-refractivity contribution in [2.24, 2.45) is 5.73 Å². The molecule has 2 aromatic carbocycles. The first kappa shape index (κ1) is 11.7. The van der Waals surface area contributed by atoms with E-state index >= 15 is 0 Å². The van der Waals surface area contributed by atoms with Gasteiger partial charge in [-0.15, -0.1) is 0 Å². The number of hydrogen-bond acceptors (Lipinski definition) is 2. The van der Waals surface area contributed by atoms with E-state index in [0.717, 1.165) is 18.7 Å². The third-order valence-corrected chi connectivity index (χ3v) is 3.44. The largest absolute Gasteiger partial charge is 0.384 e. The molecule has 0 saturated carbocycles. The van der Waals surface area contributed by atoms with E-state index in [4.69, 9.17) is 11.1 Å². The van der Waals surface area contributed by atoms with Gasteiger partial charge in [0.25, 0.3) is 0 Å². The van der Waals surface area contributed by atoms with Gasteiger partial charge in [0.05, 0.1) is 11.3 Å². The maximum absolute atomic E-state index is 13.9. The summed E-state index contributed by atoms with van der Waals surface area (Å²) in [5, 5.41) is 7.58. The fourth-order valence-electron chi connectivity index (χ4n) is 2.59. The summed E-state index contributed by atoms with van der Waals surface area (Å²) in [6.45, 7) is 0.781. The highest BCUT2D eigenvalue weighted by Crippen LogP contribution is 2.36. The molecule has 0 saturated heterocycles. The minimum atomic E-state index is -0.450. The number of fused-ring (bicyclic) bond motifs is 1. The lowest BCUT2D eigenvalue weighted by Gasteiger charge is -2.22. The zero-order chi connectivity index (χ0) is 13.4. The fraction of sp³-hybridized carbons (Fsp3) is 0.133. The van der Waals surface area contributed by atoms with Crippen LogP contribution in [0.25, 0.3) is 0 Å². The summed E-state index contributed by atoms with van der Waals surface area (Å²) in [5.41, 5.74) is 8.67. The molecule has 0 spiro atoms. The van der Waals surface area contributed by atoms with E-state index in [0.29, 0.717) is 5.69 Å². The van der Waals surface area contributed by atoms with Crippen LogP contribution in [0.2, 0.25) is 0 Å². The molecule has 0 aromatic heterocycles. The van der Waals surface area contributed by atoms with Crippen LogP contribution in [0.1, 0.15) is 11.1 Å². The average Bonchev–Trinajstić information content (AvgIpc) is 2.81. The molecule has 4 heteroatoms. The molecule has 0 atom stereocenters. The Morgan fingerprint density at radius 3 is 2.63 bits per heavy atom. The van der Waals surface area contributed by atoms with Gasteiger partial charge in [0.2, 0.25) is 0 Å². The highest BCUT2D eigenvalue weighted by atomic mass is 19.1. The summed E-state index contributed by atoms with van der Waals surface area (Å²) in [4.78, 5) is 2.02. The van der Waals surface area contributed by atoms with Crippen LogP contribution in [0.3, 0.4) is 0 Å². The third kappa shape index (κ3) is 1.85. The second-order valence-corrected chi connectivity index (χ2v) is 4.58. The maximum atomic E-state index is 13.9. The normalized spacial score (nSPS) is 13.4. The number of anilines is 2. The van der Waals surface area contributed by atoms with Gasteiger partial charge in [-0.25, -0.2) is 4.39 Å². The van der Waals surface area contributed by atoms with Crippen LogP contribution in [0.15, 0.2) is 42.5 Å². The van der Waals surface area contributed by atoms with Crippen LogP contribution < -0.4 is 10.6 Å². The van der Waals surface area contributed by atoms with Gasteiger partial charge < -0.3 is 10.6 Å². The lowest BCUT2D eigenvalue weighted by Crippen LogP contribution is -2.21. The van der Waals surface area contributed by atoms with Gasteiger partial charge in [-0.2, -0.15) is 0 Å². The molecule has 1 heterocycles.